The lowest BCUT2D eigenvalue weighted by molar-refractivity contribution is -0.143. The molecular formula is C20H40O2. The maximum Gasteiger partial charge on any atom is 0.305 e. The predicted molar refractivity (Wildman–Crippen MR) is 96.1 cm³/mol. The summed E-state index contributed by atoms with van der Waals surface area (Å²) in [6.07, 6.45) is 16.9. The van der Waals surface area contributed by atoms with E-state index in [4.69, 9.17) is 4.74 Å². The average Bonchev–Trinajstić information content (AvgIpc) is 2.48. The fourth-order valence-electron chi connectivity index (χ4n) is 2.67. The van der Waals surface area contributed by atoms with Crippen LogP contribution in [0.5, 0.6) is 0 Å². The summed E-state index contributed by atoms with van der Waals surface area (Å²) >= 11 is 0. The Morgan fingerprint density at radius 3 is 1.95 bits per heavy atom. The SMILES string of the molecule is CCCCCCCCCCOC(=O)CCCCCCC(C)C. The molecule has 0 unspecified atom stereocenters. The van der Waals surface area contributed by atoms with Crippen molar-refractivity contribution >= 4 is 5.97 Å². The van der Waals surface area contributed by atoms with Crippen LogP contribution in [0.25, 0.3) is 0 Å². The van der Waals surface area contributed by atoms with Gasteiger partial charge in [-0.15, -0.1) is 0 Å². The zero-order valence-corrected chi connectivity index (χ0v) is 15.5. The first kappa shape index (κ1) is 21.5. The van der Waals surface area contributed by atoms with Crippen LogP contribution >= 0.6 is 0 Å². The number of rotatable bonds is 16. The molecule has 0 aromatic heterocycles. The molecule has 0 spiro atoms. The predicted octanol–water partition coefficient (Wildman–Crippen LogP) is 6.67. The number of carbonyl (C=O) groups is 1. The number of esters is 1. The molecule has 0 atom stereocenters. The van der Waals surface area contributed by atoms with Gasteiger partial charge in [-0.3, -0.25) is 4.79 Å². The van der Waals surface area contributed by atoms with Crippen molar-refractivity contribution in [2.24, 2.45) is 5.92 Å². The van der Waals surface area contributed by atoms with E-state index in [1.807, 2.05) is 0 Å². The van der Waals surface area contributed by atoms with E-state index in [0.29, 0.717) is 13.0 Å². The highest BCUT2D eigenvalue weighted by molar-refractivity contribution is 5.69. The standard InChI is InChI=1S/C20H40O2/c1-4-5-6-7-8-9-12-15-18-22-20(21)17-14-11-10-13-16-19(2)3/h19H,4-18H2,1-3H3. The molecule has 0 heterocycles. The van der Waals surface area contributed by atoms with Crippen molar-refractivity contribution in [1.29, 1.82) is 0 Å². The highest BCUT2D eigenvalue weighted by Crippen LogP contribution is 2.11. The highest BCUT2D eigenvalue weighted by Gasteiger charge is 2.02. The van der Waals surface area contributed by atoms with Gasteiger partial charge in [-0.1, -0.05) is 91.4 Å². The third kappa shape index (κ3) is 17.5. The van der Waals surface area contributed by atoms with Crippen molar-refractivity contribution in [3.8, 4) is 0 Å². The quantitative estimate of drug-likeness (QED) is 0.235. The number of unbranched alkanes of at least 4 members (excludes halogenated alkanes) is 10. The first-order valence-electron chi connectivity index (χ1n) is 9.82. The Hall–Kier alpha value is -0.530. The fraction of sp³-hybridized carbons (Fsp3) is 0.950. The summed E-state index contributed by atoms with van der Waals surface area (Å²) in [5.41, 5.74) is 0. The summed E-state index contributed by atoms with van der Waals surface area (Å²) in [5, 5.41) is 0. The van der Waals surface area contributed by atoms with E-state index in [2.05, 4.69) is 20.8 Å². The van der Waals surface area contributed by atoms with E-state index >= 15 is 0 Å². The van der Waals surface area contributed by atoms with Gasteiger partial charge in [0, 0.05) is 6.42 Å². The Morgan fingerprint density at radius 2 is 1.32 bits per heavy atom. The molecular weight excluding hydrogens is 272 g/mol. The van der Waals surface area contributed by atoms with Crippen LogP contribution in [0.2, 0.25) is 0 Å². The fourth-order valence-corrected chi connectivity index (χ4v) is 2.67. The van der Waals surface area contributed by atoms with Crippen molar-refractivity contribution in [1.82, 2.24) is 0 Å². The maximum absolute atomic E-state index is 11.6. The van der Waals surface area contributed by atoms with Crippen LogP contribution < -0.4 is 0 Å². The molecule has 2 heteroatoms. The van der Waals surface area contributed by atoms with E-state index in [0.717, 1.165) is 18.8 Å². The van der Waals surface area contributed by atoms with Gasteiger partial charge in [0.25, 0.3) is 0 Å². The van der Waals surface area contributed by atoms with Crippen LogP contribution in [-0.2, 0) is 9.53 Å². The smallest absolute Gasteiger partial charge is 0.305 e. The first-order chi connectivity index (χ1) is 10.7. The van der Waals surface area contributed by atoms with E-state index in [9.17, 15) is 4.79 Å². The maximum atomic E-state index is 11.6. The molecule has 0 aliphatic rings. The van der Waals surface area contributed by atoms with Crippen LogP contribution in [0.15, 0.2) is 0 Å². The van der Waals surface area contributed by atoms with E-state index < -0.39 is 0 Å². The van der Waals surface area contributed by atoms with Crippen molar-refractivity contribution < 1.29 is 9.53 Å². The normalized spacial score (nSPS) is 11.1. The first-order valence-corrected chi connectivity index (χ1v) is 9.82. The van der Waals surface area contributed by atoms with E-state index in [1.165, 1.54) is 70.6 Å². The van der Waals surface area contributed by atoms with Gasteiger partial charge >= 0.3 is 5.97 Å². The van der Waals surface area contributed by atoms with Crippen molar-refractivity contribution in [2.75, 3.05) is 6.61 Å². The number of carbonyl (C=O) groups excluding carboxylic acids is 1. The van der Waals surface area contributed by atoms with Crippen LogP contribution in [-0.4, -0.2) is 12.6 Å². The van der Waals surface area contributed by atoms with E-state index in [-0.39, 0.29) is 5.97 Å². The lowest BCUT2D eigenvalue weighted by Crippen LogP contribution is -2.05. The van der Waals surface area contributed by atoms with Gasteiger partial charge in [-0.25, -0.2) is 0 Å². The summed E-state index contributed by atoms with van der Waals surface area (Å²) in [5.74, 6) is 0.809. The molecule has 0 radical (unpaired) electrons. The zero-order chi connectivity index (χ0) is 16.5. The van der Waals surface area contributed by atoms with Gasteiger partial charge in [-0.2, -0.15) is 0 Å². The Kier molecular flexibility index (Phi) is 16.4. The van der Waals surface area contributed by atoms with Crippen LogP contribution in [0.4, 0.5) is 0 Å². The molecule has 0 aromatic carbocycles. The van der Waals surface area contributed by atoms with Gasteiger partial charge in [0.05, 0.1) is 6.61 Å². The molecule has 0 amide bonds. The molecule has 0 saturated heterocycles. The molecule has 0 saturated carbocycles. The molecule has 132 valence electrons. The van der Waals surface area contributed by atoms with Crippen molar-refractivity contribution in [3.63, 3.8) is 0 Å². The zero-order valence-electron chi connectivity index (χ0n) is 15.5. The summed E-state index contributed by atoms with van der Waals surface area (Å²) in [6, 6.07) is 0. The summed E-state index contributed by atoms with van der Waals surface area (Å²) in [4.78, 5) is 11.6. The molecule has 0 aromatic rings. The van der Waals surface area contributed by atoms with Crippen LogP contribution in [0, 0.1) is 5.92 Å². The summed E-state index contributed by atoms with van der Waals surface area (Å²) < 4.78 is 5.29. The lowest BCUT2D eigenvalue weighted by Gasteiger charge is -2.06. The second kappa shape index (κ2) is 16.8. The van der Waals surface area contributed by atoms with Crippen LogP contribution in [0.1, 0.15) is 111 Å². The lowest BCUT2D eigenvalue weighted by atomic mass is 10.0. The molecule has 0 fully saturated rings. The summed E-state index contributed by atoms with van der Waals surface area (Å²) in [7, 11) is 0. The molecule has 22 heavy (non-hydrogen) atoms. The van der Waals surface area contributed by atoms with E-state index in [1.54, 1.807) is 0 Å². The van der Waals surface area contributed by atoms with Crippen molar-refractivity contribution in [3.05, 3.63) is 0 Å². The van der Waals surface area contributed by atoms with Gasteiger partial charge in [-0.05, 0) is 18.8 Å². The molecule has 0 aliphatic heterocycles. The Morgan fingerprint density at radius 1 is 0.773 bits per heavy atom. The molecule has 0 bridgehead atoms. The van der Waals surface area contributed by atoms with Crippen molar-refractivity contribution in [2.45, 2.75) is 111 Å². The largest absolute Gasteiger partial charge is 0.466 e. The number of ether oxygens (including phenoxy) is 1. The third-order valence-electron chi connectivity index (χ3n) is 4.17. The molecule has 2 nitrogen and oxygen atoms in total. The third-order valence-corrected chi connectivity index (χ3v) is 4.17. The topological polar surface area (TPSA) is 26.3 Å². The minimum atomic E-state index is 0.00630. The molecule has 0 N–H and O–H groups in total. The second-order valence-corrected chi connectivity index (χ2v) is 7.04. The molecule has 0 rings (SSSR count). The second-order valence-electron chi connectivity index (χ2n) is 7.04. The Balaban J connectivity index is 3.16. The number of hydrogen-bond acceptors (Lipinski definition) is 2. The monoisotopic (exact) mass is 312 g/mol. The van der Waals surface area contributed by atoms with Gasteiger partial charge in [0.2, 0.25) is 0 Å². The average molecular weight is 313 g/mol. The minimum absolute atomic E-state index is 0.00630. The highest BCUT2D eigenvalue weighted by atomic mass is 16.5. The summed E-state index contributed by atoms with van der Waals surface area (Å²) in [6.45, 7) is 7.41. The van der Waals surface area contributed by atoms with Crippen LogP contribution in [0.3, 0.4) is 0 Å². The van der Waals surface area contributed by atoms with Gasteiger partial charge in [0.15, 0.2) is 0 Å². The van der Waals surface area contributed by atoms with Gasteiger partial charge in [0.1, 0.15) is 0 Å². The number of hydrogen-bond donors (Lipinski definition) is 0. The minimum Gasteiger partial charge on any atom is -0.466 e. The Bertz CT molecular complexity index is 236. The molecule has 0 aliphatic carbocycles. The Labute approximate surface area is 139 Å². The van der Waals surface area contributed by atoms with Gasteiger partial charge < -0.3 is 4.74 Å².